The molecule has 0 aliphatic carbocycles. The SMILES string of the molecule is Oc1ccccc1-c1nc(Cl)c2cc(F)ccc2n1.Oc1ccccc1-c1nc(N2CCNCC2)c2cc(F)ccc2n1. The molecule has 0 unspecified atom stereocenters. The fourth-order valence-electron chi connectivity index (χ4n) is 4.83. The predicted molar refractivity (Wildman–Crippen MR) is 163 cm³/mol. The van der Waals surface area contributed by atoms with Gasteiger partial charge in [0.25, 0.3) is 0 Å². The van der Waals surface area contributed by atoms with Gasteiger partial charge in [0.1, 0.15) is 34.1 Å². The highest BCUT2D eigenvalue weighted by atomic mass is 35.5. The molecule has 0 amide bonds. The van der Waals surface area contributed by atoms with Gasteiger partial charge in [0.05, 0.1) is 22.2 Å². The largest absolute Gasteiger partial charge is 0.507 e. The Kier molecular flexibility index (Phi) is 7.95. The Balaban J connectivity index is 0.000000157. The van der Waals surface area contributed by atoms with E-state index in [1.807, 2.05) is 6.07 Å². The second kappa shape index (κ2) is 12.1. The summed E-state index contributed by atoms with van der Waals surface area (Å²) in [4.78, 5) is 19.7. The van der Waals surface area contributed by atoms with Gasteiger partial charge < -0.3 is 20.4 Å². The zero-order chi connectivity index (χ0) is 29.9. The predicted octanol–water partition coefficient (Wildman–Crippen LogP) is 6.35. The first-order valence-electron chi connectivity index (χ1n) is 13.5. The lowest BCUT2D eigenvalue weighted by Crippen LogP contribution is -2.44. The van der Waals surface area contributed by atoms with Gasteiger partial charge in [0.2, 0.25) is 0 Å². The molecule has 0 bridgehead atoms. The minimum Gasteiger partial charge on any atom is -0.507 e. The molecule has 0 spiro atoms. The van der Waals surface area contributed by atoms with Gasteiger partial charge in [0.15, 0.2) is 11.6 Å². The van der Waals surface area contributed by atoms with Crippen molar-refractivity contribution in [3.05, 3.63) is 102 Å². The first-order valence-corrected chi connectivity index (χ1v) is 13.9. The number of fused-ring (bicyclic) bond motifs is 2. The number of rotatable bonds is 3. The van der Waals surface area contributed by atoms with Gasteiger partial charge in [-0.3, -0.25) is 0 Å². The molecule has 216 valence electrons. The summed E-state index contributed by atoms with van der Waals surface area (Å²) in [5.41, 5.74) is 2.24. The number of aromatic nitrogens is 4. The minimum atomic E-state index is -0.395. The van der Waals surface area contributed by atoms with Gasteiger partial charge in [-0.05, 0) is 60.7 Å². The molecule has 11 heteroatoms. The van der Waals surface area contributed by atoms with Crippen molar-refractivity contribution in [2.45, 2.75) is 0 Å². The van der Waals surface area contributed by atoms with E-state index in [0.717, 1.165) is 26.2 Å². The summed E-state index contributed by atoms with van der Waals surface area (Å²) in [6.45, 7) is 3.30. The fraction of sp³-hybridized carbons (Fsp3) is 0.125. The van der Waals surface area contributed by atoms with E-state index in [1.54, 1.807) is 48.5 Å². The molecule has 1 saturated heterocycles. The van der Waals surface area contributed by atoms with E-state index in [9.17, 15) is 19.0 Å². The van der Waals surface area contributed by atoms with Crippen molar-refractivity contribution in [3.63, 3.8) is 0 Å². The Bertz CT molecular complexity index is 1950. The number of phenolic OH excluding ortho intramolecular Hbond substituents is 2. The van der Waals surface area contributed by atoms with Gasteiger partial charge in [0, 0.05) is 37.0 Å². The smallest absolute Gasteiger partial charge is 0.165 e. The number of piperazine rings is 1. The van der Waals surface area contributed by atoms with Crippen molar-refractivity contribution in [2.24, 2.45) is 0 Å². The second-order valence-corrected chi connectivity index (χ2v) is 10.2. The third-order valence-corrected chi connectivity index (χ3v) is 7.24. The van der Waals surface area contributed by atoms with E-state index < -0.39 is 5.82 Å². The van der Waals surface area contributed by atoms with Crippen LogP contribution in [0.3, 0.4) is 0 Å². The highest BCUT2D eigenvalue weighted by Crippen LogP contribution is 2.32. The van der Waals surface area contributed by atoms with Gasteiger partial charge in [-0.2, -0.15) is 0 Å². The molecule has 4 aromatic carbocycles. The number of halogens is 3. The quantitative estimate of drug-likeness (QED) is 0.202. The van der Waals surface area contributed by atoms with Crippen LogP contribution in [0.2, 0.25) is 5.15 Å². The van der Waals surface area contributed by atoms with Gasteiger partial charge in [-0.25, -0.2) is 28.7 Å². The molecule has 0 atom stereocenters. The molecular weight excluding hydrogens is 574 g/mol. The molecule has 1 fully saturated rings. The van der Waals surface area contributed by atoms with E-state index >= 15 is 0 Å². The van der Waals surface area contributed by atoms with Crippen molar-refractivity contribution >= 4 is 39.2 Å². The third kappa shape index (κ3) is 6.01. The maximum atomic E-state index is 13.7. The van der Waals surface area contributed by atoms with Gasteiger partial charge in [-0.1, -0.05) is 35.9 Å². The summed E-state index contributed by atoms with van der Waals surface area (Å²) in [6.07, 6.45) is 0. The Morgan fingerprint density at radius 1 is 0.651 bits per heavy atom. The average molecular weight is 599 g/mol. The van der Waals surface area contributed by atoms with E-state index in [2.05, 4.69) is 30.2 Å². The molecular formula is C32H25ClF2N6O2. The van der Waals surface area contributed by atoms with Crippen LogP contribution in [-0.4, -0.2) is 56.3 Å². The normalized spacial score (nSPS) is 13.1. The number of aromatic hydroxyl groups is 2. The van der Waals surface area contributed by atoms with Gasteiger partial charge in [-0.15, -0.1) is 0 Å². The summed E-state index contributed by atoms with van der Waals surface area (Å²) in [6, 6.07) is 22.3. The number of nitrogens with zero attached hydrogens (tertiary/aromatic N) is 5. The topological polar surface area (TPSA) is 107 Å². The lowest BCUT2D eigenvalue weighted by Gasteiger charge is -2.29. The molecule has 8 nitrogen and oxygen atoms in total. The molecule has 3 N–H and O–H groups in total. The highest BCUT2D eigenvalue weighted by molar-refractivity contribution is 6.34. The van der Waals surface area contributed by atoms with Gasteiger partial charge >= 0.3 is 0 Å². The highest BCUT2D eigenvalue weighted by Gasteiger charge is 2.19. The van der Waals surface area contributed by atoms with Crippen LogP contribution < -0.4 is 10.2 Å². The zero-order valence-corrected chi connectivity index (χ0v) is 23.4. The Morgan fingerprint density at radius 2 is 1.16 bits per heavy atom. The number of para-hydroxylation sites is 2. The number of phenols is 2. The lowest BCUT2D eigenvalue weighted by molar-refractivity contribution is 0.476. The van der Waals surface area contributed by atoms with Crippen LogP contribution >= 0.6 is 11.6 Å². The van der Waals surface area contributed by atoms with Crippen molar-refractivity contribution in [2.75, 3.05) is 31.1 Å². The van der Waals surface area contributed by atoms with E-state index in [-0.39, 0.29) is 22.5 Å². The zero-order valence-electron chi connectivity index (χ0n) is 22.7. The van der Waals surface area contributed by atoms with Crippen LogP contribution in [0.1, 0.15) is 0 Å². The summed E-state index contributed by atoms with van der Waals surface area (Å²) < 4.78 is 26.9. The number of benzene rings is 4. The van der Waals surface area contributed by atoms with Crippen LogP contribution in [0.15, 0.2) is 84.9 Å². The first-order chi connectivity index (χ1) is 20.9. The van der Waals surface area contributed by atoms with Crippen LogP contribution in [-0.2, 0) is 0 Å². The van der Waals surface area contributed by atoms with Crippen molar-refractivity contribution in [1.29, 1.82) is 0 Å². The molecule has 43 heavy (non-hydrogen) atoms. The standard InChI is InChI=1S/C18H17FN4O.C14H8ClFN2O/c19-12-5-6-15-14(11-12)18(23-9-7-20-8-10-23)22-17(21-15)13-3-1-2-4-16(13)24;15-13-10-7-8(16)5-6-11(10)17-14(18-13)9-3-1-2-4-12(9)19/h1-6,11,20,24H,7-10H2;1-7,19H. The number of hydrogen-bond donors (Lipinski definition) is 3. The Hall–Kier alpha value is -4.93. The summed E-state index contributed by atoms with van der Waals surface area (Å²) in [7, 11) is 0. The number of nitrogens with one attached hydrogen (secondary N) is 1. The van der Waals surface area contributed by atoms with Crippen molar-refractivity contribution in [1.82, 2.24) is 25.3 Å². The third-order valence-electron chi connectivity index (χ3n) is 6.96. The van der Waals surface area contributed by atoms with Crippen LogP contribution in [0, 0.1) is 11.6 Å². The molecule has 1 aliphatic heterocycles. The minimum absolute atomic E-state index is 0.0695. The first kappa shape index (κ1) is 28.2. The van der Waals surface area contributed by atoms with Crippen molar-refractivity contribution < 1.29 is 19.0 Å². The molecule has 6 aromatic rings. The van der Waals surface area contributed by atoms with E-state index in [4.69, 9.17) is 11.6 Å². The molecule has 2 aromatic heterocycles. The number of hydrogen-bond acceptors (Lipinski definition) is 8. The second-order valence-electron chi connectivity index (χ2n) is 9.80. The summed E-state index contributed by atoms with van der Waals surface area (Å²) >= 11 is 6.04. The van der Waals surface area contributed by atoms with Crippen LogP contribution in [0.25, 0.3) is 44.6 Å². The molecule has 0 saturated carbocycles. The van der Waals surface area contributed by atoms with Crippen LogP contribution in [0.4, 0.5) is 14.6 Å². The lowest BCUT2D eigenvalue weighted by atomic mass is 10.1. The van der Waals surface area contributed by atoms with Crippen molar-refractivity contribution in [3.8, 4) is 34.3 Å². The maximum Gasteiger partial charge on any atom is 0.165 e. The monoisotopic (exact) mass is 598 g/mol. The van der Waals surface area contributed by atoms with E-state index in [0.29, 0.717) is 50.4 Å². The molecule has 7 rings (SSSR count). The Morgan fingerprint density at radius 3 is 1.74 bits per heavy atom. The molecule has 0 radical (unpaired) electrons. The fourth-order valence-corrected chi connectivity index (χ4v) is 5.06. The van der Waals surface area contributed by atoms with E-state index in [1.165, 1.54) is 30.3 Å². The molecule has 1 aliphatic rings. The average Bonchev–Trinajstić information content (AvgIpc) is 3.02. The Labute approximate surface area is 250 Å². The number of anilines is 1. The van der Waals surface area contributed by atoms with Crippen LogP contribution in [0.5, 0.6) is 11.5 Å². The summed E-state index contributed by atoms with van der Waals surface area (Å²) in [5, 5.41) is 24.5. The summed E-state index contributed by atoms with van der Waals surface area (Å²) in [5.74, 6) is 0.957. The maximum absolute atomic E-state index is 13.7. The molecule has 3 heterocycles.